The van der Waals surface area contributed by atoms with E-state index in [0.29, 0.717) is 17.0 Å². The topological polar surface area (TPSA) is 81.4 Å². The van der Waals surface area contributed by atoms with Crippen LogP contribution in [-0.4, -0.2) is 18.4 Å². The Bertz CT molecular complexity index is 656. The smallest absolute Gasteiger partial charge is 0.255 e. The molecule has 0 radical (unpaired) electrons. The van der Waals surface area contributed by atoms with E-state index in [1.54, 1.807) is 42.5 Å². The van der Waals surface area contributed by atoms with E-state index in [1.807, 2.05) is 6.07 Å². The summed E-state index contributed by atoms with van der Waals surface area (Å²) in [5, 5.41) is 2.77. The molecule has 2 aromatic rings. The molecule has 0 atom stereocenters. The average Bonchev–Trinajstić information content (AvgIpc) is 2.46. The van der Waals surface area contributed by atoms with Crippen molar-refractivity contribution in [3.05, 3.63) is 58.6 Å². The molecule has 2 aromatic carbocycles. The summed E-state index contributed by atoms with van der Waals surface area (Å²) < 4.78 is 5.97. The van der Waals surface area contributed by atoms with Crippen molar-refractivity contribution >= 4 is 33.4 Å². The minimum Gasteiger partial charge on any atom is -0.484 e. The van der Waals surface area contributed by atoms with Gasteiger partial charge in [0.15, 0.2) is 6.61 Å². The molecule has 5 nitrogen and oxygen atoms in total. The minimum atomic E-state index is -0.540. The summed E-state index contributed by atoms with van der Waals surface area (Å²) in [5.41, 5.74) is 6.17. The van der Waals surface area contributed by atoms with Gasteiger partial charge in [0.25, 0.3) is 11.8 Å². The maximum Gasteiger partial charge on any atom is 0.255 e. The van der Waals surface area contributed by atoms with Gasteiger partial charge in [-0.3, -0.25) is 9.59 Å². The number of anilines is 1. The summed E-state index contributed by atoms with van der Waals surface area (Å²) in [6, 6.07) is 13.8. The van der Waals surface area contributed by atoms with Crippen LogP contribution in [0.3, 0.4) is 0 Å². The number of nitrogens with one attached hydrogen (secondary N) is 1. The summed E-state index contributed by atoms with van der Waals surface area (Å²) in [6.45, 7) is -0.177. The van der Waals surface area contributed by atoms with Gasteiger partial charge in [0.1, 0.15) is 5.75 Å². The molecule has 0 spiro atoms. The molecule has 0 saturated carbocycles. The molecular formula is C15H13BrN2O3. The number of carbonyl (C=O) groups excluding carboxylic acids is 2. The van der Waals surface area contributed by atoms with E-state index in [1.165, 1.54) is 0 Å². The molecule has 0 bridgehead atoms. The number of hydrogen-bond donors (Lipinski definition) is 2. The minimum absolute atomic E-state index is 0.177. The van der Waals surface area contributed by atoms with Gasteiger partial charge in [-0.1, -0.05) is 22.0 Å². The van der Waals surface area contributed by atoms with E-state index >= 15 is 0 Å². The summed E-state index contributed by atoms with van der Waals surface area (Å²) in [6.07, 6.45) is 0. The molecule has 0 aliphatic carbocycles. The van der Waals surface area contributed by atoms with Gasteiger partial charge in [0.2, 0.25) is 0 Å². The van der Waals surface area contributed by atoms with Crippen molar-refractivity contribution < 1.29 is 14.3 Å². The monoisotopic (exact) mass is 348 g/mol. The quantitative estimate of drug-likeness (QED) is 0.871. The molecule has 0 saturated heterocycles. The summed E-state index contributed by atoms with van der Waals surface area (Å²) >= 11 is 3.32. The number of hydrogen-bond acceptors (Lipinski definition) is 3. The third-order valence-electron chi connectivity index (χ3n) is 2.58. The zero-order valence-corrected chi connectivity index (χ0v) is 12.6. The third kappa shape index (κ3) is 4.61. The highest BCUT2D eigenvalue weighted by molar-refractivity contribution is 9.10. The van der Waals surface area contributed by atoms with Gasteiger partial charge in [-0.15, -0.1) is 0 Å². The first-order valence-electron chi connectivity index (χ1n) is 6.12. The van der Waals surface area contributed by atoms with E-state index in [0.717, 1.165) is 4.47 Å². The molecular weight excluding hydrogens is 336 g/mol. The number of amides is 2. The van der Waals surface area contributed by atoms with Crippen LogP contribution in [0.5, 0.6) is 5.75 Å². The van der Waals surface area contributed by atoms with Crippen molar-refractivity contribution in [2.75, 3.05) is 11.9 Å². The first-order chi connectivity index (χ1) is 10.0. The fourth-order valence-electron chi connectivity index (χ4n) is 1.62. The zero-order chi connectivity index (χ0) is 15.2. The Morgan fingerprint density at radius 3 is 2.48 bits per heavy atom. The van der Waals surface area contributed by atoms with Gasteiger partial charge in [-0.05, 0) is 42.5 Å². The Balaban J connectivity index is 2.00. The van der Waals surface area contributed by atoms with E-state index < -0.39 is 5.91 Å². The second-order valence-electron chi connectivity index (χ2n) is 4.24. The van der Waals surface area contributed by atoms with E-state index in [-0.39, 0.29) is 12.5 Å². The first-order valence-corrected chi connectivity index (χ1v) is 6.92. The molecule has 3 N–H and O–H groups in total. The SMILES string of the molecule is NC(=O)COc1ccc(NC(=O)c2cccc(Br)c2)cc1. The van der Waals surface area contributed by atoms with Crippen LogP contribution in [0.1, 0.15) is 10.4 Å². The van der Waals surface area contributed by atoms with Crippen molar-refractivity contribution in [1.82, 2.24) is 0 Å². The maximum atomic E-state index is 12.0. The standard InChI is InChI=1S/C15H13BrN2O3/c16-11-3-1-2-10(8-11)15(20)18-12-4-6-13(7-5-12)21-9-14(17)19/h1-8H,9H2,(H2,17,19)(H,18,20). The first kappa shape index (κ1) is 15.1. The lowest BCUT2D eigenvalue weighted by atomic mass is 10.2. The fourth-order valence-corrected chi connectivity index (χ4v) is 2.02. The number of benzene rings is 2. The Labute approximate surface area is 130 Å². The lowest BCUT2D eigenvalue weighted by Crippen LogP contribution is -2.20. The van der Waals surface area contributed by atoms with Crippen LogP contribution in [0, 0.1) is 0 Å². The van der Waals surface area contributed by atoms with Crippen LogP contribution >= 0.6 is 15.9 Å². The third-order valence-corrected chi connectivity index (χ3v) is 3.07. The molecule has 0 fully saturated rings. The fraction of sp³-hybridized carbons (Fsp3) is 0.0667. The Hall–Kier alpha value is -2.34. The summed E-state index contributed by atoms with van der Waals surface area (Å²) in [7, 11) is 0. The van der Waals surface area contributed by atoms with E-state index in [9.17, 15) is 9.59 Å². The number of nitrogens with two attached hydrogens (primary N) is 1. The van der Waals surface area contributed by atoms with Gasteiger partial charge < -0.3 is 15.8 Å². The zero-order valence-electron chi connectivity index (χ0n) is 11.0. The predicted octanol–water partition coefficient (Wildman–Crippen LogP) is 2.57. The highest BCUT2D eigenvalue weighted by Crippen LogP contribution is 2.17. The van der Waals surface area contributed by atoms with Crippen LogP contribution < -0.4 is 15.8 Å². The molecule has 6 heteroatoms. The number of carbonyl (C=O) groups is 2. The van der Waals surface area contributed by atoms with Crippen LogP contribution in [-0.2, 0) is 4.79 Å². The normalized spacial score (nSPS) is 9.95. The van der Waals surface area contributed by atoms with Crippen LogP contribution in [0.15, 0.2) is 53.0 Å². The lowest BCUT2D eigenvalue weighted by molar-refractivity contribution is -0.119. The molecule has 2 amide bonds. The molecule has 0 aliphatic heterocycles. The lowest BCUT2D eigenvalue weighted by Gasteiger charge is -2.07. The molecule has 0 aliphatic rings. The van der Waals surface area contributed by atoms with Crippen LogP contribution in [0.25, 0.3) is 0 Å². The molecule has 21 heavy (non-hydrogen) atoms. The largest absolute Gasteiger partial charge is 0.484 e. The molecule has 0 unspecified atom stereocenters. The van der Waals surface area contributed by atoms with Gasteiger partial charge in [-0.25, -0.2) is 0 Å². The van der Waals surface area contributed by atoms with E-state index in [4.69, 9.17) is 10.5 Å². The average molecular weight is 349 g/mol. The Morgan fingerprint density at radius 1 is 1.14 bits per heavy atom. The Kier molecular flexibility index (Phi) is 4.94. The van der Waals surface area contributed by atoms with Crippen molar-refractivity contribution in [2.24, 2.45) is 5.73 Å². The molecule has 108 valence electrons. The number of primary amides is 1. The molecule has 0 heterocycles. The van der Waals surface area contributed by atoms with Crippen LogP contribution in [0.4, 0.5) is 5.69 Å². The van der Waals surface area contributed by atoms with E-state index in [2.05, 4.69) is 21.2 Å². The predicted molar refractivity (Wildman–Crippen MR) is 83.2 cm³/mol. The van der Waals surface area contributed by atoms with Crippen molar-refractivity contribution in [3.8, 4) is 5.75 Å². The van der Waals surface area contributed by atoms with Gasteiger partial charge >= 0.3 is 0 Å². The van der Waals surface area contributed by atoms with Crippen LogP contribution in [0.2, 0.25) is 0 Å². The van der Waals surface area contributed by atoms with Crippen molar-refractivity contribution in [3.63, 3.8) is 0 Å². The van der Waals surface area contributed by atoms with Gasteiger partial charge in [0.05, 0.1) is 0 Å². The highest BCUT2D eigenvalue weighted by Gasteiger charge is 2.06. The highest BCUT2D eigenvalue weighted by atomic mass is 79.9. The number of halogens is 1. The second kappa shape index (κ2) is 6.90. The number of ether oxygens (including phenoxy) is 1. The molecule has 0 aromatic heterocycles. The number of rotatable bonds is 5. The van der Waals surface area contributed by atoms with Gasteiger partial charge in [-0.2, -0.15) is 0 Å². The summed E-state index contributed by atoms with van der Waals surface area (Å²) in [4.78, 5) is 22.6. The summed E-state index contributed by atoms with van der Waals surface area (Å²) in [5.74, 6) is -0.238. The Morgan fingerprint density at radius 2 is 1.86 bits per heavy atom. The second-order valence-corrected chi connectivity index (χ2v) is 5.16. The van der Waals surface area contributed by atoms with Crippen molar-refractivity contribution in [1.29, 1.82) is 0 Å². The molecule has 2 rings (SSSR count). The maximum absolute atomic E-state index is 12.0. The van der Waals surface area contributed by atoms with Crippen molar-refractivity contribution in [2.45, 2.75) is 0 Å². The van der Waals surface area contributed by atoms with Gasteiger partial charge in [0, 0.05) is 15.7 Å².